The second-order valence-electron chi connectivity index (χ2n) is 6.60. The Morgan fingerprint density at radius 1 is 1.48 bits per heavy atom. The molecule has 0 bridgehead atoms. The lowest BCUT2D eigenvalue weighted by atomic mass is 9.86. The van der Waals surface area contributed by atoms with Crippen molar-refractivity contribution in [2.45, 2.75) is 25.7 Å². The molecule has 1 aliphatic heterocycles. The second kappa shape index (κ2) is 6.46. The third kappa shape index (κ3) is 2.55. The summed E-state index contributed by atoms with van der Waals surface area (Å²) < 4.78 is 7.81. The molecule has 0 saturated carbocycles. The molecule has 0 aliphatic carbocycles. The van der Waals surface area contributed by atoms with E-state index in [1.165, 1.54) is 17.7 Å². The second-order valence-corrected chi connectivity index (χ2v) is 7.50. The fourth-order valence-electron chi connectivity index (χ4n) is 3.65. The number of aliphatic hydroxyl groups is 1. The summed E-state index contributed by atoms with van der Waals surface area (Å²) in [5.41, 5.74) is 15.9. The first-order valence-corrected chi connectivity index (χ1v) is 9.27. The number of nitrogen functional groups attached to an aromatic ring is 1. The van der Waals surface area contributed by atoms with E-state index in [9.17, 15) is 5.11 Å². The summed E-state index contributed by atoms with van der Waals surface area (Å²) in [6.07, 6.45) is 2.65. The number of ether oxygens (including phenoxy) is 1. The summed E-state index contributed by atoms with van der Waals surface area (Å²) in [7, 11) is 0. The largest absolute Gasteiger partial charge is 0.393 e. The average molecular weight is 386 g/mol. The standard InChI is InChI=1S/C16H18N8O2S/c1-8-9(2)16(6-25,22-23-18)26-13(8)11-5-10(15-19-3-4-27-15)12-14(17)20-7-21-24(11)12/h3-5,7-9,13,25H,6H2,1-2H3,(H2,17,20,21)/t8-,9+,13-,16-/m1/s1. The zero-order chi connectivity index (χ0) is 19.2. The topological polar surface area (TPSA) is 147 Å². The molecule has 1 aliphatic rings. The third-order valence-electron chi connectivity index (χ3n) is 5.31. The molecule has 0 amide bonds. The van der Waals surface area contributed by atoms with E-state index < -0.39 is 18.4 Å². The van der Waals surface area contributed by atoms with E-state index in [2.05, 4.69) is 25.1 Å². The minimum atomic E-state index is -1.32. The average Bonchev–Trinajstić information content (AvgIpc) is 3.36. The van der Waals surface area contributed by atoms with Crippen molar-refractivity contribution in [3.63, 3.8) is 0 Å². The van der Waals surface area contributed by atoms with Crippen molar-refractivity contribution in [1.29, 1.82) is 0 Å². The van der Waals surface area contributed by atoms with E-state index >= 15 is 0 Å². The molecule has 4 heterocycles. The van der Waals surface area contributed by atoms with Gasteiger partial charge in [0.2, 0.25) is 0 Å². The van der Waals surface area contributed by atoms with Crippen LogP contribution in [0.3, 0.4) is 0 Å². The van der Waals surface area contributed by atoms with Crippen LogP contribution < -0.4 is 5.73 Å². The smallest absolute Gasteiger partial charge is 0.173 e. The van der Waals surface area contributed by atoms with Crippen molar-refractivity contribution in [2.75, 3.05) is 12.3 Å². The minimum absolute atomic E-state index is 0.0407. The number of rotatable bonds is 4. The lowest BCUT2D eigenvalue weighted by molar-refractivity contribution is -0.0865. The molecule has 10 nitrogen and oxygen atoms in total. The van der Waals surface area contributed by atoms with E-state index in [1.54, 1.807) is 10.7 Å². The van der Waals surface area contributed by atoms with Crippen molar-refractivity contribution in [3.05, 3.63) is 40.1 Å². The lowest BCUT2D eigenvalue weighted by Gasteiger charge is -2.25. The maximum atomic E-state index is 9.86. The van der Waals surface area contributed by atoms with Gasteiger partial charge in [0.1, 0.15) is 23.0 Å². The quantitative estimate of drug-likeness (QED) is 0.400. The molecule has 0 radical (unpaired) electrons. The Labute approximate surface area is 158 Å². The Balaban J connectivity index is 1.90. The molecule has 0 spiro atoms. The van der Waals surface area contributed by atoms with Gasteiger partial charge >= 0.3 is 0 Å². The zero-order valence-electron chi connectivity index (χ0n) is 14.7. The van der Waals surface area contributed by atoms with Crippen molar-refractivity contribution in [3.8, 4) is 10.6 Å². The number of hydrogen-bond donors (Lipinski definition) is 2. The fraction of sp³-hybridized carbons (Fsp3) is 0.438. The number of thiazole rings is 1. The van der Waals surface area contributed by atoms with E-state index in [0.29, 0.717) is 11.3 Å². The van der Waals surface area contributed by atoms with Gasteiger partial charge in [0.15, 0.2) is 11.5 Å². The molecule has 1 saturated heterocycles. The van der Waals surface area contributed by atoms with E-state index in [-0.39, 0.29) is 11.8 Å². The van der Waals surface area contributed by atoms with Gasteiger partial charge in [-0.1, -0.05) is 19.0 Å². The number of azide groups is 1. The molecule has 3 N–H and O–H groups in total. The van der Waals surface area contributed by atoms with Crippen molar-refractivity contribution in [1.82, 2.24) is 19.6 Å². The molecule has 4 rings (SSSR count). The number of aliphatic hydroxyl groups excluding tert-OH is 1. The van der Waals surface area contributed by atoms with Crippen molar-refractivity contribution >= 4 is 22.7 Å². The van der Waals surface area contributed by atoms with Gasteiger partial charge < -0.3 is 15.6 Å². The summed E-state index contributed by atoms with van der Waals surface area (Å²) in [6.45, 7) is 3.49. The number of fused-ring (bicyclic) bond motifs is 1. The Morgan fingerprint density at radius 3 is 2.96 bits per heavy atom. The summed E-state index contributed by atoms with van der Waals surface area (Å²) in [4.78, 5) is 11.3. The van der Waals surface area contributed by atoms with Crippen LogP contribution in [0.4, 0.5) is 5.82 Å². The number of aromatic nitrogens is 4. The van der Waals surface area contributed by atoms with Crippen LogP contribution in [-0.4, -0.2) is 37.0 Å². The Kier molecular flexibility index (Phi) is 4.23. The summed E-state index contributed by atoms with van der Waals surface area (Å²) >= 11 is 1.49. The molecular weight excluding hydrogens is 368 g/mol. The highest BCUT2D eigenvalue weighted by molar-refractivity contribution is 7.13. The van der Waals surface area contributed by atoms with Crippen LogP contribution in [0.15, 0.2) is 29.1 Å². The van der Waals surface area contributed by atoms with Crippen LogP contribution in [0.2, 0.25) is 0 Å². The van der Waals surface area contributed by atoms with Crippen LogP contribution in [0.5, 0.6) is 0 Å². The molecule has 11 heteroatoms. The predicted molar refractivity (Wildman–Crippen MR) is 99.6 cm³/mol. The molecule has 140 valence electrons. The highest BCUT2D eigenvalue weighted by Crippen LogP contribution is 2.49. The zero-order valence-corrected chi connectivity index (χ0v) is 15.5. The van der Waals surface area contributed by atoms with Crippen LogP contribution in [0, 0.1) is 11.8 Å². The van der Waals surface area contributed by atoms with E-state index in [0.717, 1.165) is 16.3 Å². The summed E-state index contributed by atoms with van der Waals surface area (Å²) in [5.74, 6) is 0.0983. The SMILES string of the molecule is C[C@H]1[C@H](c2cc(-c3nccs3)c3c(N)ncnn23)O[C@@](CO)(N=[N+]=[N-])[C@H]1C. The van der Waals surface area contributed by atoms with Gasteiger partial charge in [-0.25, -0.2) is 14.5 Å². The Bertz CT molecular complexity index is 1030. The first-order valence-electron chi connectivity index (χ1n) is 8.39. The van der Waals surface area contributed by atoms with Gasteiger partial charge in [0, 0.05) is 22.1 Å². The maximum Gasteiger partial charge on any atom is 0.173 e. The minimum Gasteiger partial charge on any atom is -0.393 e. The van der Waals surface area contributed by atoms with Gasteiger partial charge in [0.25, 0.3) is 0 Å². The number of anilines is 1. The maximum absolute atomic E-state index is 9.86. The fourth-order valence-corrected chi connectivity index (χ4v) is 4.31. The molecule has 3 aromatic heterocycles. The third-order valence-corrected chi connectivity index (χ3v) is 6.12. The van der Waals surface area contributed by atoms with Crippen molar-refractivity contribution in [2.24, 2.45) is 17.0 Å². The van der Waals surface area contributed by atoms with Gasteiger partial charge in [0.05, 0.1) is 12.3 Å². The number of nitrogens with two attached hydrogens (primary N) is 1. The van der Waals surface area contributed by atoms with Crippen LogP contribution in [0.1, 0.15) is 25.6 Å². The van der Waals surface area contributed by atoms with Crippen LogP contribution in [0.25, 0.3) is 26.5 Å². The van der Waals surface area contributed by atoms with Crippen molar-refractivity contribution < 1.29 is 9.84 Å². The normalized spacial score (nSPS) is 27.7. The molecule has 0 unspecified atom stereocenters. The lowest BCUT2D eigenvalue weighted by Crippen LogP contribution is -2.36. The van der Waals surface area contributed by atoms with Gasteiger partial charge in [-0.3, -0.25) is 0 Å². The first-order chi connectivity index (χ1) is 13.0. The molecule has 0 aromatic carbocycles. The van der Waals surface area contributed by atoms with Gasteiger partial charge in [-0.15, -0.1) is 11.3 Å². The van der Waals surface area contributed by atoms with Gasteiger partial charge in [-0.05, 0) is 23.4 Å². The highest BCUT2D eigenvalue weighted by Gasteiger charge is 2.51. The highest BCUT2D eigenvalue weighted by atomic mass is 32.1. The summed E-state index contributed by atoms with van der Waals surface area (Å²) in [5, 5.41) is 20.7. The predicted octanol–water partition coefficient (Wildman–Crippen LogP) is 2.78. The molecule has 27 heavy (non-hydrogen) atoms. The number of hydrogen-bond acceptors (Lipinski definition) is 8. The van der Waals surface area contributed by atoms with E-state index in [1.807, 2.05) is 25.3 Å². The summed E-state index contributed by atoms with van der Waals surface area (Å²) in [6, 6.07) is 1.93. The van der Waals surface area contributed by atoms with Crippen LogP contribution in [-0.2, 0) is 4.74 Å². The molecule has 3 aromatic rings. The molecular formula is C16H18N8O2S. The van der Waals surface area contributed by atoms with E-state index in [4.69, 9.17) is 16.0 Å². The Morgan fingerprint density at radius 2 is 2.30 bits per heavy atom. The molecule has 4 atom stereocenters. The number of nitrogens with zero attached hydrogens (tertiary/aromatic N) is 7. The monoisotopic (exact) mass is 386 g/mol. The first kappa shape index (κ1) is 17.7. The molecule has 1 fully saturated rings. The van der Waals surface area contributed by atoms with Crippen LogP contribution >= 0.6 is 11.3 Å². The Hall–Kier alpha value is -2.72. The van der Waals surface area contributed by atoms with Gasteiger partial charge in [-0.2, -0.15) is 5.10 Å².